The van der Waals surface area contributed by atoms with Crippen LogP contribution < -0.4 is 0 Å². The van der Waals surface area contributed by atoms with Crippen molar-refractivity contribution in [2.75, 3.05) is 0 Å². The summed E-state index contributed by atoms with van der Waals surface area (Å²) in [7, 11) is 0. The van der Waals surface area contributed by atoms with Gasteiger partial charge in [0.15, 0.2) is 0 Å². The van der Waals surface area contributed by atoms with Gasteiger partial charge in [0.1, 0.15) is 5.82 Å². The molecule has 2 aromatic rings. The molecule has 0 saturated heterocycles. The van der Waals surface area contributed by atoms with Gasteiger partial charge < -0.3 is 4.42 Å². The van der Waals surface area contributed by atoms with Crippen LogP contribution in [-0.4, -0.2) is 0 Å². The summed E-state index contributed by atoms with van der Waals surface area (Å²) >= 11 is 6.21. The first kappa shape index (κ1) is 10.2. The van der Waals surface area contributed by atoms with Crippen molar-refractivity contribution in [3.8, 4) is 0 Å². The van der Waals surface area contributed by atoms with Crippen molar-refractivity contribution in [1.82, 2.24) is 0 Å². The highest BCUT2D eigenvalue weighted by Crippen LogP contribution is 2.29. The third-order valence-corrected chi connectivity index (χ3v) is 2.81. The summed E-state index contributed by atoms with van der Waals surface area (Å²) in [5, 5.41) is -0.289. The van der Waals surface area contributed by atoms with E-state index in [-0.39, 0.29) is 11.2 Å². The van der Waals surface area contributed by atoms with Gasteiger partial charge in [0.25, 0.3) is 0 Å². The summed E-state index contributed by atoms with van der Waals surface area (Å²) in [4.78, 5) is 0. The highest BCUT2D eigenvalue weighted by molar-refractivity contribution is 6.22. The number of hydrogen-bond acceptors (Lipinski definition) is 1. The van der Waals surface area contributed by atoms with Gasteiger partial charge in [-0.2, -0.15) is 0 Å². The smallest absolute Gasteiger partial charge is 0.126 e. The second kappa shape index (κ2) is 4.07. The van der Waals surface area contributed by atoms with Crippen LogP contribution in [0.15, 0.2) is 41.2 Å². The Morgan fingerprint density at radius 3 is 2.67 bits per heavy atom. The third-order valence-electron chi connectivity index (χ3n) is 2.31. The average molecular weight is 225 g/mol. The van der Waals surface area contributed by atoms with E-state index in [0.29, 0.717) is 5.56 Å². The second-order valence-corrected chi connectivity index (χ2v) is 3.86. The van der Waals surface area contributed by atoms with Crippen molar-refractivity contribution >= 4 is 11.6 Å². The topological polar surface area (TPSA) is 13.1 Å². The molecule has 78 valence electrons. The Bertz CT molecular complexity index is 451. The fourth-order valence-corrected chi connectivity index (χ4v) is 1.70. The van der Waals surface area contributed by atoms with Gasteiger partial charge in [-0.15, -0.1) is 11.6 Å². The molecule has 2 rings (SSSR count). The van der Waals surface area contributed by atoms with Crippen LogP contribution in [-0.2, 0) is 0 Å². The fourth-order valence-electron chi connectivity index (χ4n) is 1.44. The van der Waals surface area contributed by atoms with Crippen LogP contribution >= 0.6 is 11.6 Å². The molecule has 1 aromatic heterocycles. The van der Waals surface area contributed by atoms with Crippen molar-refractivity contribution in [1.29, 1.82) is 0 Å². The molecule has 1 heterocycles. The van der Waals surface area contributed by atoms with Gasteiger partial charge in [-0.05, 0) is 30.2 Å². The van der Waals surface area contributed by atoms with E-state index in [2.05, 4.69) is 0 Å². The number of alkyl halides is 1. The van der Waals surface area contributed by atoms with E-state index in [9.17, 15) is 4.39 Å². The molecule has 0 fully saturated rings. The Balaban J connectivity index is 2.34. The normalized spacial score (nSPS) is 12.7. The van der Waals surface area contributed by atoms with Crippen LogP contribution in [0.1, 0.15) is 22.1 Å². The molecule has 1 atom stereocenters. The largest absolute Gasteiger partial charge is 0.472 e. The van der Waals surface area contributed by atoms with E-state index < -0.39 is 0 Å². The van der Waals surface area contributed by atoms with Gasteiger partial charge in [-0.3, -0.25) is 0 Å². The lowest BCUT2D eigenvalue weighted by Gasteiger charge is -2.08. The number of halogens is 2. The van der Waals surface area contributed by atoms with E-state index in [1.54, 1.807) is 37.6 Å². The minimum atomic E-state index is -0.289. The van der Waals surface area contributed by atoms with E-state index >= 15 is 0 Å². The maximum Gasteiger partial charge on any atom is 0.126 e. The van der Waals surface area contributed by atoms with Crippen LogP contribution in [0, 0.1) is 12.7 Å². The number of benzene rings is 1. The summed E-state index contributed by atoms with van der Waals surface area (Å²) in [6.07, 6.45) is 3.16. The Morgan fingerprint density at radius 1 is 1.27 bits per heavy atom. The monoisotopic (exact) mass is 224 g/mol. The number of rotatable bonds is 2. The lowest BCUT2D eigenvalue weighted by Crippen LogP contribution is -1.93. The molecule has 15 heavy (non-hydrogen) atoms. The zero-order valence-electron chi connectivity index (χ0n) is 8.21. The molecule has 1 unspecified atom stereocenters. The molecule has 1 nitrogen and oxygen atoms in total. The Morgan fingerprint density at radius 2 is 2.07 bits per heavy atom. The summed E-state index contributed by atoms with van der Waals surface area (Å²) < 4.78 is 18.0. The van der Waals surface area contributed by atoms with Gasteiger partial charge in [0, 0.05) is 5.56 Å². The first-order valence-corrected chi connectivity index (χ1v) is 5.04. The van der Waals surface area contributed by atoms with Gasteiger partial charge in [-0.25, -0.2) is 4.39 Å². The van der Waals surface area contributed by atoms with E-state index in [1.165, 1.54) is 6.07 Å². The molecule has 3 heteroatoms. The highest BCUT2D eigenvalue weighted by Gasteiger charge is 2.12. The number of hydrogen-bond donors (Lipinski definition) is 0. The maximum absolute atomic E-state index is 13.0. The van der Waals surface area contributed by atoms with Crippen LogP contribution in [0.4, 0.5) is 4.39 Å². The zero-order chi connectivity index (χ0) is 10.8. The highest BCUT2D eigenvalue weighted by atomic mass is 35.5. The predicted octanol–water partition coefficient (Wildman–Crippen LogP) is 4.06. The molecular formula is C12H10ClFO. The van der Waals surface area contributed by atoms with E-state index in [1.807, 2.05) is 0 Å². The molecule has 0 radical (unpaired) electrons. The van der Waals surface area contributed by atoms with Crippen molar-refractivity contribution < 1.29 is 8.81 Å². The Kier molecular flexibility index (Phi) is 2.78. The van der Waals surface area contributed by atoms with Gasteiger partial charge in [-0.1, -0.05) is 12.1 Å². The summed E-state index contributed by atoms with van der Waals surface area (Å²) in [5.41, 5.74) is 2.35. The predicted molar refractivity (Wildman–Crippen MR) is 57.5 cm³/mol. The molecule has 0 saturated carbocycles. The lowest BCUT2D eigenvalue weighted by molar-refractivity contribution is 0.564. The summed E-state index contributed by atoms with van der Waals surface area (Å²) in [5.74, 6) is -0.213. The molecule has 0 N–H and O–H groups in total. The Hall–Kier alpha value is -1.28. The quantitative estimate of drug-likeness (QED) is 0.702. The van der Waals surface area contributed by atoms with Gasteiger partial charge in [0.2, 0.25) is 0 Å². The van der Waals surface area contributed by atoms with Crippen molar-refractivity contribution in [2.24, 2.45) is 0 Å². The number of furan rings is 1. The van der Waals surface area contributed by atoms with E-state index in [4.69, 9.17) is 16.0 Å². The van der Waals surface area contributed by atoms with Crippen LogP contribution in [0.5, 0.6) is 0 Å². The zero-order valence-corrected chi connectivity index (χ0v) is 8.96. The first-order valence-electron chi connectivity index (χ1n) is 4.60. The van der Waals surface area contributed by atoms with Crippen LogP contribution in [0.3, 0.4) is 0 Å². The van der Waals surface area contributed by atoms with Crippen molar-refractivity contribution in [3.05, 3.63) is 59.3 Å². The standard InChI is InChI=1S/C12H10ClFO/c1-8-6-9(2-3-11(8)14)12(13)10-4-5-15-7-10/h2-7,12H,1H3. The minimum absolute atomic E-state index is 0.213. The molecule has 0 spiro atoms. The first-order chi connectivity index (χ1) is 7.18. The Labute approximate surface area is 92.5 Å². The maximum atomic E-state index is 13.0. The summed E-state index contributed by atoms with van der Waals surface area (Å²) in [6.45, 7) is 1.72. The van der Waals surface area contributed by atoms with Crippen molar-refractivity contribution in [2.45, 2.75) is 12.3 Å². The van der Waals surface area contributed by atoms with Gasteiger partial charge >= 0.3 is 0 Å². The SMILES string of the molecule is Cc1cc(C(Cl)c2ccoc2)ccc1F. The van der Waals surface area contributed by atoms with Crippen LogP contribution in [0.25, 0.3) is 0 Å². The fraction of sp³-hybridized carbons (Fsp3) is 0.167. The number of aryl methyl sites for hydroxylation is 1. The van der Waals surface area contributed by atoms with Crippen LogP contribution in [0.2, 0.25) is 0 Å². The molecule has 0 aliphatic carbocycles. The molecule has 0 bridgehead atoms. The molecule has 0 aliphatic heterocycles. The lowest BCUT2D eigenvalue weighted by atomic mass is 10.0. The second-order valence-electron chi connectivity index (χ2n) is 3.43. The average Bonchev–Trinajstić information content (AvgIpc) is 2.74. The molecular weight excluding hydrogens is 215 g/mol. The minimum Gasteiger partial charge on any atom is -0.472 e. The summed E-state index contributed by atoms with van der Waals surface area (Å²) in [6, 6.07) is 6.67. The van der Waals surface area contributed by atoms with Crippen molar-refractivity contribution in [3.63, 3.8) is 0 Å². The molecule has 0 aliphatic rings. The third kappa shape index (κ3) is 2.05. The molecule has 0 amide bonds. The molecule has 1 aromatic carbocycles. The van der Waals surface area contributed by atoms with Gasteiger partial charge in [0.05, 0.1) is 17.9 Å². The van der Waals surface area contributed by atoms with E-state index in [0.717, 1.165) is 11.1 Å².